The van der Waals surface area contributed by atoms with Crippen LogP contribution in [0.4, 0.5) is 0 Å². The lowest BCUT2D eigenvalue weighted by molar-refractivity contribution is -0.140. The summed E-state index contributed by atoms with van der Waals surface area (Å²) in [6.45, 7) is 13.6. The van der Waals surface area contributed by atoms with Crippen LogP contribution in [0.3, 0.4) is 0 Å². The molecule has 11 heteroatoms. The number of benzene rings is 2. The highest BCUT2D eigenvalue weighted by Crippen LogP contribution is 2.35. The average Bonchev–Trinajstić information content (AvgIpc) is 2.95. The second kappa shape index (κ2) is 14.5. The van der Waals surface area contributed by atoms with Gasteiger partial charge in [-0.05, 0) is 52.5 Å². The summed E-state index contributed by atoms with van der Waals surface area (Å²) < 4.78 is 31.5. The predicted octanol–water partition coefficient (Wildman–Crippen LogP) is 3.25. The smallest absolute Gasteiger partial charge is 0.241 e. The number of nitrogens with zero attached hydrogens (tertiary/aromatic N) is 2. The Morgan fingerprint density at radius 3 is 1.95 bits per heavy atom. The van der Waals surface area contributed by atoms with Crippen molar-refractivity contribution >= 4 is 27.7 Å². The molecule has 2 aromatic rings. The normalized spacial score (nSPS) is 14.9. The Hall–Kier alpha value is -3.28. The van der Waals surface area contributed by atoms with Crippen molar-refractivity contribution in [3.8, 4) is 0 Å². The van der Waals surface area contributed by atoms with Crippen molar-refractivity contribution in [3.63, 3.8) is 0 Å². The summed E-state index contributed by atoms with van der Waals surface area (Å²) >= 11 is 0. The van der Waals surface area contributed by atoms with E-state index in [0.29, 0.717) is 37.3 Å². The lowest BCUT2D eigenvalue weighted by atomic mass is 9.89. The topological polar surface area (TPSA) is 163 Å². The number of carbonyl (C=O) groups is 2. The quantitative estimate of drug-likeness (QED) is 0.212. The van der Waals surface area contributed by atoms with Gasteiger partial charge in [0.1, 0.15) is 11.9 Å². The van der Waals surface area contributed by atoms with Crippen LogP contribution in [-0.2, 0) is 26.0 Å². The number of amides is 2. The van der Waals surface area contributed by atoms with Gasteiger partial charge in [0.2, 0.25) is 21.8 Å². The van der Waals surface area contributed by atoms with E-state index in [-0.39, 0.29) is 59.7 Å². The third kappa shape index (κ3) is 8.43. The van der Waals surface area contributed by atoms with Crippen molar-refractivity contribution in [2.24, 2.45) is 11.5 Å². The van der Waals surface area contributed by atoms with Crippen LogP contribution in [0.25, 0.3) is 0 Å². The summed E-state index contributed by atoms with van der Waals surface area (Å²) in [6, 6.07) is 9.77. The highest BCUT2D eigenvalue weighted by molar-refractivity contribution is 7.89. The molecule has 0 bridgehead atoms. The second-order valence-electron chi connectivity index (χ2n) is 12.2. The number of hydrogen-bond acceptors (Lipinski definition) is 6. The Kier molecular flexibility index (Phi) is 11.5. The molecule has 0 aliphatic carbocycles. The summed E-state index contributed by atoms with van der Waals surface area (Å²) in [6.07, 6.45) is 0.318. The van der Waals surface area contributed by atoms with Crippen LogP contribution in [0.1, 0.15) is 93.5 Å². The van der Waals surface area contributed by atoms with Gasteiger partial charge in [-0.25, -0.2) is 8.42 Å². The minimum absolute atomic E-state index is 0.0554. The molecular formula is C32H48N6O4S. The van der Waals surface area contributed by atoms with E-state index < -0.39 is 16.1 Å². The molecule has 0 saturated carbocycles. The average molecular weight is 613 g/mol. The van der Waals surface area contributed by atoms with E-state index in [1.165, 1.54) is 0 Å². The molecule has 3 rings (SSSR count). The summed E-state index contributed by atoms with van der Waals surface area (Å²) in [5.41, 5.74) is 14.9. The minimum Gasteiger partial charge on any atom is -0.384 e. The SMILES string of the molecule is CC(C)c1cc(C(C)C)c(S(=O)(=O)N[C@H](Cc2cccc(C(=N)N)c2)C(=O)N2CCN(C(=O)CCN)CC2)c(C(C)C)c1. The molecule has 1 heterocycles. The lowest BCUT2D eigenvalue weighted by Crippen LogP contribution is -2.56. The maximum Gasteiger partial charge on any atom is 0.241 e. The number of hydrogen-bond donors (Lipinski definition) is 4. The van der Waals surface area contributed by atoms with Crippen LogP contribution in [0.2, 0.25) is 0 Å². The molecule has 2 amide bonds. The molecule has 1 fully saturated rings. The Bertz CT molecular complexity index is 1400. The summed E-state index contributed by atoms with van der Waals surface area (Å²) in [4.78, 5) is 29.9. The van der Waals surface area contributed by atoms with Crippen molar-refractivity contribution in [2.75, 3.05) is 32.7 Å². The van der Waals surface area contributed by atoms with Gasteiger partial charge in [0.05, 0.1) is 4.90 Å². The highest BCUT2D eigenvalue weighted by Gasteiger charge is 2.35. The number of sulfonamides is 1. The van der Waals surface area contributed by atoms with E-state index in [9.17, 15) is 18.0 Å². The summed E-state index contributed by atoms with van der Waals surface area (Å²) in [5, 5.41) is 7.83. The van der Waals surface area contributed by atoms with Gasteiger partial charge < -0.3 is 21.3 Å². The fourth-order valence-corrected chi connectivity index (χ4v) is 7.29. The lowest BCUT2D eigenvalue weighted by Gasteiger charge is -2.36. The number of nitrogens with two attached hydrogens (primary N) is 2. The fourth-order valence-electron chi connectivity index (χ4n) is 5.41. The monoisotopic (exact) mass is 612 g/mol. The molecule has 1 aliphatic heterocycles. The minimum atomic E-state index is -4.16. The van der Waals surface area contributed by atoms with E-state index in [1.807, 2.05) is 39.8 Å². The summed E-state index contributed by atoms with van der Waals surface area (Å²) in [5.74, 6) is -0.444. The molecule has 1 saturated heterocycles. The van der Waals surface area contributed by atoms with E-state index in [1.54, 1.807) is 34.1 Å². The fraction of sp³-hybridized carbons (Fsp3) is 0.531. The molecule has 0 aromatic heterocycles. The number of nitrogens with one attached hydrogen (secondary N) is 2. The highest BCUT2D eigenvalue weighted by atomic mass is 32.2. The van der Waals surface area contributed by atoms with Crippen LogP contribution in [-0.4, -0.2) is 74.6 Å². The molecule has 10 nitrogen and oxygen atoms in total. The molecule has 1 atom stereocenters. The zero-order chi connectivity index (χ0) is 32.1. The van der Waals surface area contributed by atoms with Crippen molar-refractivity contribution in [1.29, 1.82) is 5.41 Å². The van der Waals surface area contributed by atoms with Crippen LogP contribution in [0.5, 0.6) is 0 Å². The van der Waals surface area contributed by atoms with Crippen molar-refractivity contribution < 1.29 is 18.0 Å². The van der Waals surface area contributed by atoms with Crippen molar-refractivity contribution in [2.45, 2.75) is 83.1 Å². The number of amidine groups is 1. The third-order valence-corrected chi connectivity index (χ3v) is 9.53. The first-order valence-electron chi connectivity index (χ1n) is 15.1. The molecule has 0 unspecified atom stereocenters. The van der Waals surface area contributed by atoms with E-state index >= 15 is 0 Å². The van der Waals surface area contributed by atoms with Gasteiger partial charge >= 0.3 is 0 Å². The number of nitrogen functional groups attached to an aromatic ring is 1. The van der Waals surface area contributed by atoms with Crippen molar-refractivity contribution in [3.05, 3.63) is 64.2 Å². The zero-order valence-corrected chi connectivity index (χ0v) is 27.1. The first-order valence-corrected chi connectivity index (χ1v) is 16.5. The molecule has 2 aromatic carbocycles. The third-order valence-electron chi connectivity index (χ3n) is 7.92. The van der Waals surface area contributed by atoms with E-state index in [4.69, 9.17) is 16.9 Å². The maximum atomic E-state index is 14.3. The Balaban J connectivity index is 2.04. The standard InChI is InChI=1S/C32H48N6O4S/c1-20(2)25-18-26(21(3)4)30(27(19-25)22(5)6)43(41,42)36-28(17-23-8-7-9-24(16-23)31(34)35)32(40)38-14-12-37(13-15-38)29(39)10-11-33/h7-9,16,18-22,28,36H,10-15,17,33H2,1-6H3,(H3,34,35)/t28-/m1/s1. The number of rotatable bonds is 12. The molecule has 43 heavy (non-hydrogen) atoms. The Morgan fingerprint density at radius 2 is 1.47 bits per heavy atom. The second-order valence-corrected chi connectivity index (χ2v) is 13.9. The van der Waals surface area contributed by atoms with Gasteiger partial charge in [0, 0.05) is 44.7 Å². The van der Waals surface area contributed by atoms with E-state index in [0.717, 1.165) is 16.7 Å². The van der Waals surface area contributed by atoms with Gasteiger partial charge in [-0.2, -0.15) is 4.72 Å². The van der Waals surface area contributed by atoms with Crippen LogP contribution in [0, 0.1) is 5.41 Å². The van der Waals surface area contributed by atoms with Crippen molar-refractivity contribution in [1.82, 2.24) is 14.5 Å². The molecule has 1 aliphatic rings. The Labute approximate surface area is 256 Å². The van der Waals surface area contributed by atoms with Crippen LogP contribution >= 0.6 is 0 Å². The molecule has 0 radical (unpaired) electrons. The Morgan fingerprint density at radius 1 is 0.907 bits per heavy atom. The van der Waals surface area contributed by atoms with Crippen LogP contribution in [0.15, 0.2) is 41.3 Å². The first-order chi connectivity index (χ1) is 20.2. The molecule has 236 valence electrons. The summed E-state index contributed by atoms with van der Waals surface area (Å²) in [7, 11) is -4.16. The van der Waals surface area contributed by atoms with Gasteiger partial charge in [-0.15, -0.1) is 0 Å². The molecular weight excluding hydrogens is 564 g/mol. The largest absolute Gasteiger partial charge is 0.384 e. The maximum absolute atomic E-state index is 14.3. The van der Waals surface area contributed by atoms with Gasteiger partial charge in [-0.3, -0.25) is 15.0 Å². The van der Waals surface area contributed by atoms with Gasteiger partial charge in [-0.1, -0.05) is 71.9 Å². The first kappa shape index (κ1) is 34.2. The van der Waals surface area contributed by atoms with Crippen LogP contribution < -0.4 is 16.2 Å². The van der Waals surface area contributed by atoms with Gasteiger partial charge in [0.15, 0.2) is 0 Å². The van der Waals surface area contributed by atoms with Gasteiger partial charge in [0.25, 0.3) is 0 Å². The molecule has 0 spiro atoms. The number of carbonyl (C=O) groups excluding carboxylic acids is 2. The number of piperazine rings is 1. The predicted molar refractivity (Wildman–Crippen MR) is 171 cm³/mol. The molecule has 6 N–H and O–H groups in total. The van der Waals surface area contributed by atoms with E-state index in [2.05, 4.69) is 18.6 Å². The zero-order valence-electron chi connectivity index (χ0n) is 26.3.